The molecular formula is C15H8BrClFNO. The molecule has 0 spiro atoms. The van der Waals surface area contributed by atoms with Crippen LogP contribution in [0.3, 0.4) is 0 Å². The van der Waals surface area contributed by atoms with Gasteiger partial charge in [-0.3, -0.25) is 4.79 Å². The standard InChI is InChI=1S/C15H8BrClFNO/c16-9-1-4-13(18)8(5-9)6-12-11-3-2-10(17)7-14(11)19-15(12)20/h1-7H,(H,19,20). The van der Waals surface area contributed by atoms with E-state index in [0.717, 1.165) is 10.0 Å². The second-order valence-electron chi connectivity index (χ2n) is 4.37. The Balaban J connectivity index is 2.13. The lowest BCUT2D eigenvalue weighted by Crippen LogP contribution is -2.03. The molecule has 5 heteroatoms. The van der Waals surface area contributed by atoms with Gasteiger partial charge in [0.05, 0.1) is 5.69 Å². The zero-order valence-corrected chi connectivity index (χ0v) is 12.4. The van der Waals surface area contributed by atoms with Gasteiger partial charge in [0.1, 0.15) is 5.82 Å². The van der Waals surface area contributed by atoms with Gasteiger partial charge in [-0.2, -0.15) is 0 Å². The normalized spacial score (nSPS) is 15.3. The first-order valence-electron chi connectivity index (χ1n) is 5.82. The van der Waals surface area contributed by atoms with Crippen LogP contribution >= 0.6 is 27.5 Å². The van der Waals surface area contributed by atoms with Crippen molar-refractivity contribution in [2.45, 2.75) is 0 Å². The predicted octanol–water partition coefficient (Wildman–Crippen LogP) is 4.73. The number of carbonyl (C=O) groups excluding carboxylic acids is 1. The molecule has 2 aromatic carbocycles. The second kappa shape index (κ2) is 5.04. The van der Waals surface area contributed by atoms with Gasteiger partial charge in [-0.1, -0.05) is 33.6 Å². The summed E-state index contributed by atoms with van der Waals surface area (Å²) < 4.78 is 14.5. The molecule has 3 rings (SSSR count). The summed E-state index contributed by atoms with van der Waals surface area (Å²) in [5.74, 6) is -0.641. The average molecular weight is 353 g/mol. The fourth-order valence-corrected chi connectivity index (χ4v) is 2.64. The Hall–Kier alpha value is -1.65. The highest BCUT2D eigenvalue weighted by molar-refractivity contribution is 9.10. The van der Waals surface area contributed by atoms with E-state index in [4.69, 9.17) is 11.6 Å². The molecule has 2 nitrogen and oxygen atoms in total. The third-order valence-corrected chi connectivity index (χ3v) is 3.75. The molecule has 0 saturated heterocycles. The third-order valence-electron chi connectivity index (χ3n) is 3.02. The summed E-state index contributed by atoms with van der Waals surface area (Å²) in [6.45, 7) is 0. The molecule has 1 heterocycles. The summed E-state index contributed by atoms with van der Waals surface area (Å²) >= 11 is 9.18. The van der Waals surface area contributed by atoms with Gasteiger partial charge in [-0.25, -0.2) is 4.39 Å². The average Bonchev–Trinajstić information content (AvgIpc) is 2.69. The molecule has 20 heavy (non-hydrogen) atoms. The fraction of sp³-hybridized carbons (Fsp3) is 0. The SMILES string of the molecule is O=C1Nc2cc(Cl)ccc2C1=Cc1cc(Br)ccc1F. The molecule has 2 aromatic rings. The minimum atomic E-state index is -0.379. The minimum absolute atomic E-state index is 0.262. The molecule has 0 atom stereocenters. The van der Waals surface area contributed by atoms with Crippen molar-refractivity contribution in [3.05, 3.63) is 62.8 Å². The van der Waals surface area contributed by atoms with Crippen molar-refractivity contribution in [3.63, 3.8) is 0 Å². The number of carbonyl (C=O) groups is 1. The van der Waals surface area contributed by atoms with Crippen LogP contribution in [0.1, 0.15) is 11.1 Å². The van der Waals surface area contributed by atoms with Crippen LogP contribution < -0.4 is 5.32 Å². The smallest absolute Gasteiger partial charge is 0.256 e. The van der Waals surface area contributed by atoms with Crippen molar-refractivity contribution in [2.75, 3.05) is 5.32 Å². The van der Waals surface area contributed by atoms with E-state index in [1.54, 1.807) is 30.3 Å². The highest BCUT2D eigenvalue weighted by Crippen LogP contribution is 2.35. The molecule has 1 N–H and O–H groups in total. The van der Waals surface area contributed by atoms with Crippen LogP contribution in [0.15, 0.2) is 40.9 Å². The molecule has 1 aliphatic rings. The topological polar surface area (TPSA) is 29.1 Å². The zero-order chi connectivity index (χ0) is 14.3. The van der Waals surface area contributed by atoms with Gasteiger partial charge in [0.2, 0.25) is 0 Å². The number of rotatable bonds is 1. The Morgan fingerprint density at radius 2 is 2.00 bits per heavy atom. The van der Waals surface area contributed by atoms with Gasteiger partial charge >= 0.3 is 0 Å². The summed E-state index contributed by atoms with van der Waals surface area (Å²) in [6.07, 6.45) is 1.54. The van der Waals surface area contributed by atoms with Crippen LogP contribution in [0.4, 0.5) is 10.1 Å². The van der Waals surface area contributed by atoms with Gasteiger partial charge in [-0.05, 0) is 36.4 Å². The van der Waals surface area contributed by atoms with Crippen LogP contribution in [0.5, 0.6) is 0 Å². The number of amides is 1. The Morgan fingerprint density at radius 1 is 1.20 bits per heavy atom. The van der Waals surface area contributed by atoms with Gasteiger partial charge in [0.15, 0.2) is 0 Å². The van der Waals surface area contributed by atoms with Crippen LogP contribution in [0.25, 0.3) is 11.6 Å². The second-order valence-corrected chi connectivity index (χ2v) is 5.72. The highest BCUT2D eigenvalue weighted by atomic mass is 79.9. The van der Waals surface area contributed by atoms with Gasteiger partial charge in [0.25, 0.3) is 5.91 Å². The van der Waals surface area contributed by atoms with Crippen molar-refractivity contribution < 1.29 is 9.18 Å². The molecule has 0 bridgehead atoms. The molecule has 0 aliphatic carbocycles. The predicted molar refractivity (Wildman–Crippen MR) is 82.1 cm³/mol. The Morgan fingerprint density at radius 3 is 2.80 bits per heavy atom. The largest absolute Gasteiger partial charge is 0.321 e. The van der Waals surface area contributed by atoms with Crippen LogP contribution in [0, 0.1) is 5.82 Å². The lowest BCUT2D eigenvalue weighted by molar-refractivity contribution is -0.110. The highest BCUT2D eigenvalue weighted by Gasteiger charge is 2.24. The van der Waals surface area contributed by atoms with E-state index in [-0.39, 0.29) is 11.7 Å². The summed E-state index contributed by atoms with van der Waals surface area (Å²) in [4.78, 5) is 12.0. The maximum atomic E-state index is 13.8. The third kappa shape index (κ3) is 2.37. The molecule has 1 amide bonds. The van der Waals surface area contributed by atoms with Crippen molar-refractivity contribution in [1.82, 2.24) is 0 Å². The Kier molecular flexibility index (Phi) is 3.36. The number of halogens is 3. The molecule has 0 unspecified atom stereocenters. The first kappa shape index (κ1) is 13.3. The van der Waals surface area contributed by atoms with Gasteiger partial charge in [0, 0.05) is 26.2 Å². The molecule has 0 saturated carbocycles. The lowest BCUT2D eigenvalue weighted by Gasteiger charge is -2.01. The fourth-order valence-electron chi connectivity index (χ4n) is 2.09. The zero-order valence-electron chi connectivity index (χ0n) is 10.1. The van der Waals surface area contributed by atoms with E-state index in [2.05, 4.69) is 21.2 Å². The van der Waals surface area contributed by atoms with Crippen molar-refractivity contribution in [1.29, 1.82) is 0 Å². The summed E-state index contributed by atoms with van der Waals surface area (Å²) in [5, 5.41) is 3.26. The maximum Gasteiger partial charge on any atom is 0.256 e. The van der Waals surface area contributed by atoms with E-state index in [0.29, 0.717) is 21.8 Å². The number of anilines is 1. The Bertz CT molecular complexity index is 758. The number of hydrogen-bond acceptors (Lipinski definition) is 1. The van der Waals surface area contributed by atoms with E-state index in [1.165, 1.54) is 12.1 Å². The summed E-state index contributed by atoms with van der Waals surface area (Å²) in [6, 6.07) is 9.71. The molecule has 0 aromatic heterocycles. The molecule has 0 radical (unpaired) electrons. The monoisotopic (exact) mass is 351 g/mol. The van der Waals surface area contributed by atoms with Crippen molar-refractivity contribution in [2.24, 2.45) is 0 Å². The summed E-state index contributed by atoms with van der Waals surface area (Å²) in [7, 11) is 0. The number of nitrogens with one attached hydrogen (secondary N) is 1. The van der Waals surface area contributed by atoms with Crippen molar-refractivity contribution in [3.8, 4) is 0 Å². The van der Waals surface area contributed by atoms with Crippen molar-refractivity contribution >= 4 is 50.8 Å². The van der Waals surface area contributed by atoms with Crippen LogP contribution in [-0.2, 0) is 4.79 Å². The van der Waals surface area contributed by atoms with E-state index >= 15 is 0 Å². The lowest BCUT2D eigenvalue weighted by atomic mass is 10.0. The molecule has 1 aliphatic heterocycles. The van der Waals surface area contributed by atoms with Crippen LogP contribution in [-0.4, -0.2) is 5.91 Å². The van der Waals surface area contributed by atoms with E-state index < -0.39 is 0 Å². The van der Waals surface area contributed by atoms with E-state index in [1.807, 2.05) is 0 Å². The first-order chi connectivity index (χ1) is 9.54. The summed E-state index contributed by atoms with van der Waals surface area (Å²) in [5.41, 5.74) is 2.14. The minimum Gasteiger partial charge on any atom is -0.321 e. The van der Waals surface area contributed by atoms with Gasteiger partial charge < -0.3 is 5.32 Å². The molecule has 0 fully saturated rings. The Labute approximate surface area is 128 Å². The molecular weight excluding hydrogens is 345 g/mol. The number of hydrogen-bond donors (Lipinski definition) is 1. The first-order valence-corrected chi connectivity index (χ1v) is 7.00. The van der Waals surface area contributed by atoms with Crippen LogP contribution in [0.2, 0.25) is 5.02 Å². The number of fused-ring (bicyclic) bond motifs is 1. The van der Waals surface area contributed by atoms with E-state index in [9.17, 15) is 9.18 Å². The number of benzene rings is 2. The molecule has 100 valence electrons. The maximum absolute atomic E-state index is 13.8. The quantitative estimate of drug-likeness (QED) is 0.738. The van der Waals surface area contributed by atoms with Gasteiger partial charge in [-0.15, -0.1) is 0 Å².